The second-order valence-electron chi connectivity index (χ2n) is 6.66. The molecule has 2 heterocycles. The minimum absolute atomic E-state index is 0.219. The van der Waals surface area contributed by atoms with Gasteiger partial charge < -0.3 is 19.7 Å². The summed E-state index contributed by atoms with van der Waals surface area (Å²) in [4.78, 5) is 10.4. The molecule has 0 saturated carbocycles. The monoisotopic (exact) mass is 376 g/mol. The fourth-order valence-corrected chi connectivity index (χ4v) is 3.11. The standard InChI is InChI=1S/C22H24N4O2/c1-2-27-19-7-9-20(10-8-19)28-21-14-26(15-21)18-5-3-17(4-6-18)13-24-22-11-12-23-16-25-22/h3-12,16,21H,2,13-15H2,1H3,(H,23,24,25). The van der Waals surface area contributed by atoms with Gasteiger partial charge >= 0.3 is 0 Å². The second-order valence-corrected chi connectivity index (χ2v) is 6.66. The topological polar surface area (TPSA) is 59.5 Å². The Morgan fingerprint density at radius 2 is 1.75 bits per heavy atom. The first-order valence-electron chi connectivity index (χ1n) is 9.53. The molecule has 0 bridgehead atoms. The van der Waals surface area contributed by atoms with E-state index in [1.165, 1.54) is 11.3 Å². The predicted molar refractivity (Wildman–Crippen MR) is 110 cm³/mol. The third-order valence-corrected chi connectivity index (χ3v) is 4.64. The molecule has 0 unspecified atom stereocenters. The highest BCUT2D eigenvalue weighted by molar-refractivity contribution is 5.51. The number of hydrogen-bond acceptors (Lipinski definition) is 6. The first kappa shape index (κ1) is 18.1. The highest BCUT2D eigenvalue weighted by Gasteiger charge is 2.28. The van der Waals surface area contributed by atoms with E-state index in [4.69, 9.17) is 9.47 Å². The van der Waals surface area contributed by atoms with Gasteiger partial charge in [0.2, 0.25) is 0 Å². The van der Waals surface area contributed by atoms with E-state index >= 15 is 0 Å². The number of hydrogen-bond donors (Lipinski definition) is 1. The van der Waals surface area contributed by atoms with Gasteiger partial charge in [-0.15, -0.1) is 0 Å². The molecule has 1 aliphatic heterocycles. The van der Waals surface area contributed by atoms with E-state index in [-0.39, 0.29) is 6.10 Å². The summed E-state index contributed by atoms with van der Waals surface area (Å²) in [6.07, 6.45) is 3.49. The van der Waals surface area contributed by atoms with Crippen LogP contribution in [-0.2, 0) is 6.54 Å². The van der Waals surface area contributed by atoms with Gasteiger partial charge in [-0.3, -0.25) is 0 Å². The molecule has 1 N–H and O–H groups in total. The Morgan fingerprint density at radius 3 is 2.43 bits per heavy atom. The minimum Gasteiger partial charge on any atom is -0.494 e. The highest BCUT2D eigenvalue weighted by atomic mass is 16.5. The fourth-order valence-electron chi connectivity index (χ4n) is 3.11. The lowest BCUT2D eigenvalue weighted by molar-refractivity contribution is 0.167. The van der Waals surface area contributed by atoms with Crippen molar-refractivity contribution < 1.29 is 9.47 Å². The largest absolute Gasteiger partial charge is 0.494 e. The van der Waals surface area contributed by atoms with Crippen molar-refractivity contribution in [2.45, 2.75) is 19.6 Å². The van der Waals surface area contributed by atoms with Gasteiger partial charge in [-0.05, 0) is 55.0 Å². The van der Waals surface area contributed by atoms with Crippen molar-refractivity contribution in [3.8, 4) is 11.5 Å². The zero-order valence-corrected chi connectivity index (χ0v) is 15.9. The van der Waals surface area contributed by atoms with Gasteiger partial charge in [-0.2, -0.15) is 0 Å². The SMILES string of the molecule is CCOc1ccc(OC2CN(c3ccc(CNc4ccncn4)cc3)C2)cc1. The molecule has 0 aliphatic carbocycles. The molecule has 144 valence electrons. The number of anilines is 2. The number of nitrogens with zero attached hydrogens (tertiary/aromatic N) is 3. The van der Waals surface area contributed by atoms with Crippen LogP contribution >= 0.6 is 0 Å². The summed E-state index contributed by atoms with van der Waals surface area (Å²) in [7, 11) is 0. The van der Waals surface area contributed by atoms with Crippen molar-refractivity contribution in [1.29, 1.82) is 0 Å². The molecule has 4 rings (SSSR count). The van der Waals surface area contributed by atoms with Gasteiger partial charge in [0.25, 0.3) is 0 Å². The zero-order chi connectivity index (χ0) is 19.2. The van der Waals surface area contributed by atoms with E-state index in [2.05, 4.69) is 44.5 Å². The summed E-state index contributed by atoms with van der Waals surface area (Å²) in [6.45, 7) is 5.18. The Balaban J connectivity index is 1.24. The van der Waals surface area contributed by atoms with Crippen LogP contribution < -0.4 is 19.7 Å². The van der Waals surface area contributed by atoms with Gasteiger partial charge in [-0.1, -0.05) is 12.1 Å². The van der Waals surface area contributed by atoms with Gasteiger partial charge in [0.05, 0.1) is 19.7 Å². The van der Waals surface area contributed by atoms with E-state index in [0.29, 0.717) is 6.61 Å². The van der Waals surface area contributed by atoms with E-state index in [0.717, 1.165) is 37.0 Å². The van der Waals surface area contributed by atoms with Crippen LogP contribution in [0.2, 0.25) is 0 Å². The Kier molecular flexibility index (Phi) is 5.56. The highest BCUT2D eigenvalue weighted by Crippen LogP contribution is 2.26. The molecule has 3 aromatic rings. The lowest BCUT2D eigenvalue weighted by Crippen LogP contribution is -2.54. The molecular weight excluding hydrogens is 352 g/mol. The maximum absolute atomic E-state index is 6.03. The Bertz CT molecular complexity index is 863. The maximum Gasteiger partial charge on any atom is 0.133 e. The summed E-state index contributed by atoms with van der Waals surface area (Å²) in [5, 5.41) is 3.29. The first-order valence-corrected chi connectivity index (χ1v) is 9.53. The molecular formula is C22H24N4O2. The maximum atomic E-state index is 6.03. The van der Waals surface area contributed by atoms with Gasteiger partial charge in [0.1, 0.15) is 29.7 Å². The quantitative estimate of drug-likeness (QED) is 0.646. The molecule has 2 aromatic carbocycles. The van der Waals surface area contributed by atoms with Crippen LogP contribution in [-0.4, -0.2) is 35.8 Å². The van der Waals surface area contributed by atoms with E-state index in [1.54, 1.807) is 12.5 Å². The van der Waals surface area contributed by atoms with Crippen molar-refractivity contribution in [2.75, 3.05) is 29.9 Å². The van der Waals surface area contributed by atoms with Crippen molar-refractivity contribution >= 4 is 11.5 Å². The molecule has 6 nitrogen and oxygen atoms in total. The summed E-state index contributed by atoms with van der Waals surface area (Å²) in [5.41, 5.74) is 2.43. The van der Waals surface area contributed by atoms with E-state index in [9.17, 15) is 0 Å². The lowest BCUT2D eigenvalue weighted by Gasteiger charge is -2.40. The summed E-state index contributed by atoms with van der Waals surface area (Å²) in [6, 6.07) is 18.3. The zero-order valence-electron chi connectivity index (χ0n) is 15.9. The van der Waals surface area contributed by atoms with Crippen molar-refractivity contribution in [3.05, 3.63) is 72.7 Å². The number of benzene rings is 2. The third kappa shape index (κ3) is 4.52. The van der Waals surface area contributed by atoms with Gasteiger partial charge in [0.15, 0.2) is 0 Å². The van der Waals surface area contributed by atoms with Crippen LogP contribution in [0.4, 0.5) is 11.5 Å². The van der Waals surface area contributed by atoms with Crippen molar-refractivity contribution in [3.63, 3.8) is 0 Å². The molecule has 28 heavy (non-hydrogen) atoms. The predicted octanol–water partition coefficient (Wildman–Crippen LogP) is 3.76. The van der Waals surface area contributed by atoms with Crippen LogP contribution in [0.15, 0.2) is 67.1 Å². The van der Waals surface area contributed by atoms with E-state index in [1.807, 2.05) is 37.3 Å². The number of aromatic nitrogens is 2. The third-order valence-electron chi connectivity index (χ3n) is 4.64. The first-order chi connectivity index (χ1) is 13.8. The molecule has 0 amide bonds. The molecule has 0 radical (unpaired) electrons. The molecule has 6 heteroatoms. The average molecular weight is 376 g/mol. The fraction of sp³-hybridized carbons (Fsp3) is 0.273. The number of ether oxygens (including phenoxy) is 2. The Hall–Kier alpha value is -3.28. The molecule has 1 aromatic heterocycles. The van der Waals surface area contributed by atoms with Crippen LogP contribution in [0.25, 0.3) is 0 Å². The number of nitrogens with one attached hydrogen (secondary N) is 1. The molecule has 1 fully saturated rings. The van der Waals surface area contributed by atoms with Crippen LogP contribution in [0.5, 0.6) is 11.5 Å². The summed E-state index contributed by atoms with van der Waals surface area (Å²) >= 11 is 0. The van der Waals surface area contributed by atoms with E-state index < -0.39 is 0 Å². The van der Waals surface area contributed by atoms with Crippen LogP contribution in [0, 0.1) is 0 Å². The molecule has 0 spiro atoms. The summed E-state index contributed by atoms with van der Waals surface area (Å²) < 4.78 is 11.5. The molecule has 1 aliphatic rings. The minimum atomic E-state index is 0.219. The van der Waals surface area contributed by atoms with Crippen molar-refractivity contribution in [1.82, 2.24) is 9.97 Å². The second kappa shape index (κ2) is 8.61. The van der Waals surface area contributed by atoms with Crippen molar-refractivity contribution in [2.24, 2.45) is 0 Å². The normalized spacial score (nSPS) is 13.7. The van der Waals surface area contributed by atoms with Gasteiger partial charge in [-0.25, -0.2) is 9.97 Å². The van der Waals surface area contributed by atoms with Crippen LogP contribution in [0.3, 0.4) is 0 Å². The van der Waals surface area contributed by atoms with Gasteiger partial charge in [0, 0.05) is 18.4 Å². The molecule has 0 atom stereocenters. The molecule has 1 saturated heterocycles. The smallest absolute Gasteiger partial charge is 0.133 e. The number of rotatable bonds is 8. The Labute approximate surface area is 165 Å². The van der Waals surface area contributed by atoms with Crippen LogP contribution in [0.1, 0.15) is 12.5 Å². The summed E-state index contributed by atoms with van der Waals surface area (Å²) in [5.74, 6) is 2.59. The average Bonchev–Trinajstić information content (AvgIpc) is 2.72. The lowest BCUT2D eigenvalue weighted by atomic mass is 10.1. The Morgan fingerprint density at radius 1 is 1.00 bits per heavy atom.